The number of urea groups is 1. The standard InChI is InChI=1S/C11H10F4N2O3/c1-17(5-11(13,14)15)10(20)16-6-2-3-7(9(18)19)8(12)4-6/h2-4H,5H2,1H3,(H,16,20)(H,18,19). The molecule has 0 atom stereocenters. The summed E-state index contributed by atoms with van der Waals surface area (Å²) >= 11 is 0. The fourth-order valence-corrected chi connectivity index (χ4v) is 1.33. The molecule has 0 aliphatic heterocycles. The Bertz CT molecular complexity index is 531. The second-order valence-electron chi connectivity index (χ2n) is 3.90. The summed E-state index contributed by atoms with van der Waals surface area (Å²) in [5.74, 6) is -2.59. The third-order valence-electron chi connectivity index (χ3n) is 2.21. The van der Waals surface area contributed by atoms with Crippen molar-refractivity contribution in [2.24, 2.45) is 0 Å². The molecule has 0 unspecified atom stereocenters. The van der Waals surface area contributed by atoms with Gasteiger partial charge in [0.05, 0.1) is 5.56 Å². The van der Waals surface area contributed by atoms with Crippen LogP contribution in [-0.4, -0.2) is 41.8 Å². The summed E-state index contributed by atoms with van der Waals surface area (Å²) < 4.78 is 49.5. The Labute approximate surface area is 110 Å². The molecule has 110 valence electrons. The number of carbonyl (C=O) groups excluding carboxylic acids is 1. The minimum atomic E-state index is -4.55. The first-order valence-electron chi connectivity index (χ1n) is 5.22. The zero-order valence-corrected chi connectivity index (χ0v) is 10.2. The highest BCUT2D eigenvalue weighted by molar-refractivity contribution is 5.91. The van der Waals surface area contributed by atoms with E-state index in [0.29, 0.717) is 11.0 Å². The molecule has 0 spiro atoms. The molecule has 2 amide bonds. The Morgan fingerprint density at radius 1 is 1.35 bits per heavy atom. The zero-order valence-electron chi connectivity index (χ0n) is 10.2. The maximum atomic E-state index is 13.3. The van der Waals surface area contributed by atoms with Crippen LogP contribution in [0.25, 0.3) is 0 Å². The van der Waals surface area contributed by atoms with Crippen molar-refractivity contribution < 1.29 is 32.3 Å². The predicted molar refractivity (Wildman–Crippen MR) is 61.1 cm³/mol. The Morgan fingerprint density at radius 3 is 2.40 bits per heavy atom. The molecule has 1 rings (SSSR count). The quantitative estimate of drug-likeness (QED) is 0.842. The number of nitrogens with zero attached hydrogens (tertiary/aromatic N) is 1. The molecule has 0 aliphatic carbocycles. The lowest BCUT2D eigenvalue weighted by Crippen LogP contribution is -2.38. The van der Waals surface area contributed by atoms with Crippen molar-refractivity contribution in [1.29, 1.82) is 0 Å². The van der Waals surface area contributed by atoms with E-state index in [4.69, 9.17) is 5.11 Å². The molecule has 0 bridgehead atoms. The second kappa shape index (κ2) is 5.76. The van der Waals surface area contributed by atoms with Gasteiger partial charge in [0, 0.05) is 12.7 Å². The van der Waals surface area contributed by atoms with Gasteiger partial charge >= 0.3 is 18.2 Å². The number of benzene rings is 1. The number of aromatic carboxylic acids is 1. The van der Waals surface area contributed by atoms with Crippen molar-refractivity contribution in [3.63, 3.8) is 0 Å². The number of alkyl halides is 3. The maximum absolute atomic E-state index is 13.3. The van der Waals surface area contributed by atoms with Crippen molar-refractivity contribution in [2.75, 3.05) is 18.9 Å². The van der Waals surface area contributed by atoms with Gasteiger partial charge in [-0.15, -0.1) is 0 Å². The molecule has 0 saturated heterocycles. The minimum Gasteiger partial charge on any atom is -0.478 e. The van der Waals surface area contributed by atoms with E-state index in [0.717, 1.165) is 19.2 Å². The molecule has 5 nitrogen and oxygen atoms in total. The number of carboxylic acid groups (broad SMARTS) is 1. The molecule has 9 heteroatoms. The third kappa shape index (κ3) is 4.41. The Morgan fingerprint density at radius 2 is 1.95 bits per heavy atom. The van der Waals surface area contributed by atoms with Gasteiger partial charge in [0.15, 0.2) is 0 Å². The highest BCUT2D eigenvalue weighted by atomic mass is 19.4. The average molecular weight is 294 g/mol. The Balaban J connectivity index is 2.76. The number of halogens is 4. The predicted octanol–water partition coefficient (Wildman–Crippen LogP) is 2.55. The smallest absolute Gasteiger partial charge is 0.406 e. The number of hydrogen-bond acceptors (Lipinski definition) is 2. The van der Waals surface area contributed by atoms with E-state index in [1.54, 1.807) is 0 Å². The first kappa shape index (κ1) is 15.7. The molecule has 0 heterocycles. The van der Waals surface area contributed by atoms with E-state index in [-0.39, 0.29) is 5.69 Å². The van der Waals surface area contributed by atoms with E-state index >= 15 is 0 Å². The number of amides is 2. The van der Waals surface area contributed by atoms with Gasteiger partial charge in [0.2, 0.25) is 0 Å². The summed E-state index contributed by atoms with van der Waals surface area (Å²) in [7, 11) is 0.921. The molecule has 1 aromatic carbocycles. The van der Waals surface area contributed by atoms with Gasteiger partial charge in [0.25, 0.3) is 0 Å². The normalized spacial score (nSPS) is 11.1. The molecule has 0 saturated carbocycles. The molecule has 1 aromatic rings. The number of carboxylic acids is 1. The first-order chi connectivity index (χ1) is 9.10. The van der Waals surface area contributed by atoms with Crippen LogP contribution in [0.5, 0.6) is 0 Å². The van der Waals surface area contributed by atoms with Gasteiger partial charge in [-0.1, -0.05) is 0 Å². The van der Waals surface area contributed by atoms with Crippen molar-refractivity contribution in [1.82, 2.24) is 4.90 Å². The molecule has 0 aromatic heterocycles. The van der Waals surface area contributed by atoms with Gasteiger partial charge in [-0.25, -0.2) is 14.0 Å². The summed E-state index contributed by atoms with van der Waals surface area (Å²) in [6.07, 6.45) is -4.55. The van der Waals surface area contributed by atoms with Crippen LogP contribution in [0.4, 0.5) is 28.0 Å². The van der Waals surface area contributed by atoms with Gasteiger partial charge < -0.3 is 15.3 Å². The Hall–Kier alpha value is -2.32. The second-order valence-corrected chi connectivity index (χ2v) is 3.90. The van der Waals surface area contributed by atoms with E-state index in [2.05, 4.69) is 0 Å². The van der Waals surface area contributed by atoms with Crippen molar-refractivity contribution in [2.45, 2.75) is 6.18 Å². The van der Waals surface area contributed by atoms with Crippen LogP contribution in [0.15, 0.2) is 18.2 Å². The molecular weight excluding hydrogens is 284 g/mol. The summed E-state index contributed by atoms with van der Waals surface area (Å²) in [4.78, 5) is 22.3. The van der Waals surface area contributed by atoms with E-state index in [1.165, 1.54) is 0 Å². The van der Waals surface area contributed by atoms with Crippen LogP contribution in [-0.2, 0) is 0 Å². The summed E-state index contributed by atoms with van der Waals surface area (Å²) in [6.45, 7) is -1.46. The molecule has 0 radical (unpaired) electrons. The molecule has 0 aliphatic rings. The third-order valence-corrected chi connectivity index (χ3v) is 2.21. The lowest BCUT2D eigenvalue weighted by Gasteiger charge is -2.19. The lowest BCUT2D eigenvalue weighted by molar-refractivity contribution is -0.137. The van der Waals surface area contributed by atoms with Crippen LogP contribution in [0.2, 0.25) is 0 Å². The summed E-state index contributed by atoms with van der Waals surface area (Å²) in [6, 6.07) is 1.59. The Kier molecular flexibility index (Phi) is 4.53. The van der Waals surface area contributed by atoms with Gasteiger partial charge in [-0.3, -0.25) is 0 Å². The van der Waals surface area contributed by atoms with Crippen molar-refractivity contribution >= 4 is 17.7 Å². The molecule has 0 fully saturated rings. The SMILES string of the molecule is CN(CC(F)(F)F)C(=O)Nc1ccc(C(=O)O)c(F)c1. The van der Waals surface area contributed by atoms with Crippen molar-refractivity contribution in [3.8, 4) is 0 Å². The maximum Gasteiger partial charge on any atom is 0.406 e. The first-order valence-corrected chi connectivity index (χ1v) is 5.22. The number of nitrogens with one attached hydrogen (secondary N) is 1. The van der Waals surface area contributed by atoms with Crippen LogP contribution in [0.1, 0.15) is 10.4 Å². The number of rotatable bonds is 3. The summed E-state index contributed by atoms with van der Waals surface area (Å²) in [5, 5.41) is 10.6. The van der Waals surface area contributed by atoms with E-state index < -0.39 is 36.1 Å². The fraction of sp³-hybridized carbons (Fsp3) is 0.273. The number of carbonyl (C=O) groups is 2. The van der Waals surface area contributed by atoms with Gasteiger partial charge in [0.1, 0.15) is 12.4 Å². The molecule has 2 N–H and O–H groups in total. The van der Waals surface area contributed by atoms with Crippen LogP contribution in [0, 0.1) is 5.82 Å². The summed E-state index contributed by atoms with van der Waals surface area (Å²) in [5.41, 5.74) is -0.752. The van der Waals surface area contributed by atoms with E-state index in [9.17, 15) is 27.2 Å². The molecule has 20 heavy (non-hydrogen) atoms. The van der Waals surface area contributed by atoms with Gasteiger partial charge in [-0.05, 0) is 18.2 Å². The van der Waals surface area contributed by atoms with Crippen LogP contribution < -0.4 is 5.32 Å². The monoisotopic (exact) mass is 294 g/mol. The molecular formula is C11H10F4N2O3. The van der Waals surface area contributed by atoms with E-state index in [1.807, 2.05) is 5.32 Å². The van der Waals surface area contributed by atoms with Gasteiger partial charge in [-0.2, -0.15) is 13.2 Å². The zero-order chi connectivity index (χ0) is 15.5. The van der Waals surface area contributed by atoms with Crippen LogP contribution >= 0.6 is 0 Å². The minimum absolute atomic E-state index is 0.147. The number of hydrogen-bond donors (Lipinski definition) is 2. The van der Waals surface area contributed by atoms with Crippen LogP contribution in [0.3, 0.4) is 0 Å². The highest BCUT2D eigenvalue weighted by Crippen LogP contribution is 2.18. The van der Waals surface area contributed by atoms with Crippen molar-refractivity contribution in [3.05, 3.63) is 29.6 Å². The highest BCUT2D eigenvalue weighted by Gasteiger charge is 2.31. The fourth-order valence-electron chi connectivity index (χ4n) is 1.33. The lowest BCUT2D eigenvalue weighted by atomic mass is 10.2. The number of anilines is 1. The average Bonchev–Trinajstić information content (AvgIpc) is 2.26. The topological polar surface area (TPSA) is 69.6 Å². The largest absolute Gasteiger partial charge is 0.478 e.